The van der Waals surface area contributed by atoms with Gasteiger partial charge in [0.15, 0.2) is 0 Å². The van der Waals surface area contributed by atoms with E-state index >= 15 is 0 Å². The fraction of sp³-hybridized carbons (Fsp3) is 0.484. The van der Waals surface area contributed by atoms with Gasteiger partial charge in [-0.2, -0.15) is 15.0 Å². The van der Waals surface area contributed by atoms with Crippen molar-refractivity contribution in [2.75, 3.05) is 68.6 Å². The number of nitrogens with zero attached hydrogens (tertiary/aromatic N) is 4. The van der Waals surface area contributed by atoms with Crippen molar-refractivity contribution in [1.82, 2.24) is 20.3 Å². The quantitative estimate of drug-likeness (QED) is 0.209. The predicted octanol–water partition coefficient (Wildman–Crippen LogP) is 4.17. The SMILES string of the molecule is CN(c1nc(NCCOCCOCCNC(=O)c2ccccc2)nc(NCCc2ccccc2)n1)C1CCCCC1. The van der Waals surface area contributed by atoms with Crippen LogP contribution in [0.1, 0.15) is 48.0 Å². The maximum atomic E-state index is 12.0. The first kappa shape index (κ1) is 30.2. The Balaban J connectivity index is 1.17. The van der Waals surface area contributed by atoms with Gasteiger partial charge in [0.05, 0.1) is 26.4 Å². The van der Waals surface area contributed by atoms with Crippen LogP contribution in [-0.2, 0) is 15.9 Å². The van der Waals surface area contributed by atoms with Crippen LogP contribution in [0.25, 0.3) is 0 Å². The molecule has 0 unspecified atom stereocenters. The maximum absolute atomic E-state index is 12.0. The van der Waals surface area contributed by atoms with Crippen molar-refractivity contribution in [3.05, 3.63) is 71.8 Å². The van der Waals surface area contributed by atoms with Crippen LogP contribution in [-0.4, -0.2) is 80.0 Å². The lowest BCUT2D eigenvalue weighted by atomic mass is 9.95. The van der Waals surface area contributed by atoms with Crippen LogP contribution >= 0.6 is 0 Å². The lowest BCUT2D eigenvalue weighted by Crippen LogP contribution is -2.35. The van der Waals surface area contributed by atoms with Gasteiger partial charge in [0.1, 0.15) is 0 Å². The maximum Gasteiger partial charge on any atom is 0.251 e. The van der Waals surface area contributed by atoms with Gasteiger partial charge in [-0.3, -0.25) is 4.79 Å². The fourth-order valence-electron chi connectivity index (χ4n) is 4.76. The van der Waals surface area contributed by atoms with Crippen LogP contribution in [0.3, 0.4) is 0 Å². The van der Waals surface area contributed by atoms with Gasteiger partial charge in [-0.1, -0.05) is 67.8 Å². The number of rotatable bonds is 17. The Morgan fingerprint density at radius 1 is 0.780 bits per heavy atom. The number of carbonyl (C=O) groups is 1. The molecule has 2 aromatic carbocycles. The van der Waals surface area contributed by atoms with Gasteiger partial charge in [-0.15, -0.1) is 0 Å². The molecule has 1 aromatic heterocycles. The van der Waals surface area contributed by atoms with Gasteiger partial charge >= 0.3 is 0 Å². The number of nitrogens with one attached hydrogen (secondary N) is 3. The van der Waals surface area contributed by atoms with E-state index in [2.05, 4.69) is 57.1 Å². The van der Waals surface area contributed by atoms with E-state index in [-0.39, 0.29) is 5.91 Å². The lowest BCUT2D eigenvalue weighted by Gasteiger charge is -2.31. The van der Waals surface area contributed by atoms with Crippen molar-refractivity contribution in [1.29, 1.82) is 0 Å². The summed E-state index contributed by atoms with van der Waals surface area (Å²) in [5.41, 5.74) is 1.91. The second kappa shape index (κ2) is 17.1. The Morgan fingerprint density at radius 2 is 1.39 bits per heavy atom. The Bertz CT molecular complexity index is 1160. The van der Waals surface area contributed by atoms with Crippen molar-refractivity contribution in [3.8, 4) is 0 Å². The van der Waals surface area contributed by atoms with Gasteiger partial charge in [0, 0.05) is 38.3 Å². The molecule has 3 N–H and O–H groups in total. The van der Waals surface area contributed by atoms with Crippen LogP contribution in [0.4, 0.5) is 17.8 Å². The average molecular weight is 562 g/mol. The summed E-state index contributed by atoms with van der Waals surface area (Å²) in [6, 6.07) is 20.0. The molecule has 0 atom stereocenters. The molecule has 0 radical (unpaired) electrons. The van der Waals surface area contributed by atoms with E-state index < -0.39 is 0 Å². The Labute approximate surface area is 243 Å². The molecule has 1 aliphatic carbocycles. The minimum Gasteiger partial charge on any atom is -0.377 e. The topological polar surface area (TPSA) is 114 Å². The molecule has 220 valence electrons. The Morgan fingerprint density at radius 3 is 2.07 bits per heavy atom. The van der Waals surface area contributed by atoms with Crippen molar-refractivity contribution in [2.45, 2.75) is 44.6 Å². The van der Waals surface area contributed by atoms with E-state index in [0.717, 1.165) is 25.8 Å². The van der Waals surface area contributed by atoms with Crippen LogP contribution in [0.15, 0.2) is 60.7 Å². The molecule has 0 spiro atoms. The first-order valence-corrected chi connectivity index (χ1v) is 14.7. The van der Waals surface area contributed by atoms with Crippen LogP contribution in [0.5, 0.6) is 0 Å². The molecule has 41 heavy (non-hydrogen) atoms. The number of hydrogen-bond acceptors (Lipinski definition) is 9. The summed E-state index contributed by atoms with van der Waals surface area (Å²) in [4.78, 5) is 28.3. The molecule has 3 aromatic rings. The molecular formula is C31H43N7O3. The van der Waals surface area contributed by atoms with Crippen molar-refractivity contribution in [3.63, 3.8) is 0 Å². The van der Waals surface area contributed by atoms with Gasteiger partial charge < -0.3 is 30.3 Å². The first-order chi connectivity index (χ1) is 20.2. The highest BCUT2D eigenvalue weighted by Crippen LogP contribution is 2.25. The molecule has 0 saturated heterocycles. The highest BCUT2D eigenvalue weighted by atomic mass is 16.5. The van der Waals surface area contributed by atoms with Crippen LogP contribution < -0.4 is 20.9 Å². The smallest absolute Gasteiger partial charge is 0.251 e. The molecule has 1 amide bonds. The minimum absolute atomic E-state index is 0.0995. The number of ether oxygens (including phenoxy) is 2. The summed E-state index contributed by atoms with van der Waals surface area (Å²) in [5.74, 6) is 1.70. The van der Waals surface area contributed by atoms with Gasteiger partial charge in [-0.25, -0.2) is 0 Å². The molecule has 1 aliphatic rings. The highest BCUT2D eigenvalue weighted by Gasteiger charge is 2.21. The van der Waals surface area contributed by atoms with E-state index in [1.54, 1.807) is 12.1 Å². The van der Waals surface area contributed by atoms with Crippen molar-refractivity contribution in [2.24, 2.45) is 0 Å². The predicted molar refractivity (Wildman–Crippen MR) is 163 cm³/mol. The zero-order valence-corrected chi connectivity index (χ0v) is 24.1. The van der Waals surface area contributed by atoms with E-state index in [9.17, 15) is 4.79 Å². The lowest BCUT2D eigenvalue weighted by molar-refractivity contribution is 0.0519. The normalized spacial score (nSPS) is 13.5. The molecule has 10 nitrogen and oxygen atoms in total. The molecule has 0 bridgehead atoms. The summed E-state index contributed by atoms with van der Waals surface area (Å²) in [6.07, 6.45) is 7.01. The number of amides is 1. The second-order valence-corrected chi connectivity index (χ2v) is 10.1. The van der Waals surface area contributed by atoms with E-state index in [1.165, 1.54) is 24.8 Å². The van der Waals surface area contributed by atoms with E-state index in [0.29, 0.717) is 69.0 Å². The molecule has 0 aliphatic heterocycles. The molecule has 1 fully saturated rings. The van der Waals surface area contributed by atoms with Gasteiger partial charge in [0.2, 0.25) is 17.8 Å². The van der Waals surface area contributed by atoms with Crippen LogP contribution in [0.2, 0.25) is 0 Å². The zero-order valence-electron chi connectivity index (χ0n) is 24.1. The van der Waals surface area contributed by atoms with Crippen molar-refractivity contribution < 1.29 is 14.3 Å². The fourth-order valence-corrected chi connectivity index (χ4v) is 4.76. The van der Waals surface area contributed by atoms with Gasteiger partial charge in [-0.05, 0) is 37.0 Å². The Kier molecular flexibility index (Phi) is 12.6. The number of hydrogen-bond donors (Lipinski definition) is 3. The molecule has 1 saturated carbocycles. The summed E-state index contributed by atoms with van der Waals surface area (Å²) < 4.78 is 11.3. The standard InChI is InChI=1S/C31H43N7O3/c1-38(27-15-9-4-10-16-27)31-36-29(33-18-17-25-11-5-2-6-12-25)35-30(37-31)34-20-22-41-24-23-40-21-19-32-28(39)26-13-7-3-8-14-26/h2-3,5-8,11-14,27H,4,9-10,15-24H2,1H3,(H,32,39)(H2,33,34,35,36,37). The van der Waals surface area contributed by atoms with E-state index in [4.69, 9.17) is 19.4 Å². The number of carbonyl (C=O) groups excluding carboxylic acids is 1. The molecule has 1 heterocycles. The monoisotopic (exact) mass is 561 g/mol. The highest BCUT2D eigenvalue weighted by molar-refractivity contribution is 5.94. The van der Waals surface area contributed by atoms with Gasteiger partial charge in [0.25, 0.3) is 5.91 Å². The first-order valence-electron chi connectivity index (χ1n) is 14.7. The average Bonchev–Trinajstić information content (AvgIpc) is 3.02. The molecule has 4 rings (SSSR count). The second-order valence-electron chi connectivity index (χ2n) is 10.1. The third-order valence-corrected chi connectivity index (χ3v) is 7.07. The van der Waals surface area contributed by atoms with Crippen LogP contribution in [0, 0.1) is 0 Å². The van der Waals surface area contributed by atoms with Crippen molar-refractivity contribution >= 4 is 23.8 Å². The summed E-state index contributed by atoms with van der Waals surface area (Å²) in [6.45, 7) is 3.60. The summed E-state index contributed by atoms with van der Waals surface area (Å²) in [7, 11) is 2.08. The third-order valence-electron chi connectivity index (χ3n) is 7.07. The number of benzene rings is 2. The third kappa shape index (κ3) is 10.6. The number of aromatic nitrogens is 3. The minimum atomic E-state index is -0.0995. The summed E-state index contributed by atoms with van der Waals surface area (Å²) >= 11 is 0. The Hall–Kier alpha value is -3.76. The largest absolute Gasteiger partial charge is 0.377 e. The molecule has 10 heteroatoms. The summed E-state index contributed by atoms with van der Waals surface area (Å²) in [5, 5.41) is 9.51. The molecular weight excluding hydrogens is 518 g/mol. The zero-order chi connectivity index (χ0) is 28.5. The van der Waals surface area contributed by atoms with E-state index in [1.807, 2.05) is 24.3 Å². The number of anilines is 3.